The molecule has 3 aromatic heterocycles. The molecule has 3 heterocycles. The van der Waals surface area contributed by atoms with Gasteiger partial charge in [-0.15, -0.1) is 0 Å². The van der Waals surface area contributed by atoms with Crippen LogP contribution in [0.1, 0.15) is 193 Å². The molecule has 0 unspecified atom stereocenters. The highest BCUT2D eigenvalue weighted by atomic mass is 16.3. The Morgan fingerprint density at radius 3 is 0.542 bits per heavy atom. The van der Waals surface area contributed by atoms with E-state index in [1.165, 1.54) is 0 Å². The molecule has 0 saturated carbocycles. The molecule has 0 aliphatic carbocycles. The Kier molecular flexibility index (Phi) is 15.0. The third-order valence-corrected chi connectivity index (χ3v) is 13.0. The molecule has 0 radical (unpaired) electrons. The van der Waals surface area contributed by atoms with Gasteiger partial charge in [-0.25, -0.2) is 13.3 Å². The van der Waals surface area contributed by atoms with Crippen LogP contribution < -0.4 is 0 Å². The molecule has 0 N–H and O–H groups in total. The van der Waals surface area contributed by atoms with Crippen molar-refractivity contribution in [2.45, 2.75) is 157 Å². The van der Waals surface area contributed by atoms with Crippen LogP contribution in [0, 0.1) is 0 Å². The molecule has 3 heteroatoms. The highest BCUT2D eigenvalue weighted by Crippen LogP contribution is 2.37. The maximum Gasteiger partial charge on any atom is 0.335 e. The lowest BCUT2D eigenvalue weighted by Gasteiger charge is -2.14. The van der Waals surface area contributed by atoms with Crippen molar-refractivity contribution < 1.29 is 13.3 Å². The highest BCUT2D eigenvalue weighted by Gasteiger charge is 2.36. The van der Waals surface area contributed by atoms with E-state index in [2.05, 4.69) is 288 Å². The van der Waals surface area contributed by atoms with Crippen LogP contribution in [-0.2, 0) is 32.5 Å². The van der Waals surface area contributed by atoms with Crippen LogP contribution >= 0.6 is 0 Å². The van der Waals surface area contributed by atoms with Crippen molar-refractivity contribution in [1.29, 1.82) is 0 Å². The molecule has 3 nitrogen and oxygen atoms in total. The monoisotopic (exact) mass is 958 g/mol. The first kappa shape index (κ1) is 53.4. The average Bonchev–Trinajstić information content (AvgIpc) is 3.30. The Bertz CT molecular complexity index is 2660. The van der Waals surface area contributed by atoms with Crippen molar-refractivity contribution in [2.75, 3.05) is 0 Å². The van der Waals surface area contributed by atoms with E-state index >= 15 is 0 Å². The molecule has 72 heavy (non-hydrogen) atoms. The minimum atomic E-state index is -0.100. The molecule has 0 atom stereocenters. The molecule has 0 bridgehead atoms. The summed E-state index contributed by atoms with van der Waals surface area (Å²) in [4.78, 5) is 0. The fraction of sp³-hybridized carbons (Fsp3) is 0.348. The third-order valence-electron chi connectivity index (χ3n) is 13.0. The fourth-order valence-electron chi connectivity index (χ4n) is 8.14. The first-order chi connectivity index (χ1) is 33.4. The molecule has 0 aliphatic heterocycles. The Morgan fingerprint density at radius 2 is 0.375 bits per heavy atom. The molecule has 0 amide bonds. The SMILES string of the molecule is CC(C)(C)c1cc(C=Cc2ccc(-c3cc(-c4ccc(C=Cc5cc(C(C)(C)C)[o+]c(C(C)(C)C)c5)cc4)cc(-c4ccc(/C=C/c5cc(C(C)(C)C)[o+]c(C(C)(C)C)c5)cc4)c3)cc2)cc(C(C)(C)C)[o+]1. The molecule has 0 spiro atoms. The van der Waals surface area contributed by atoms with Gasteiger partial charge in [0.15, 0.2) is 0 Å². The van der Waals surface area contributed by atoms with Crippen LogP contribution in [-0.4, -0.2) is 0 Å². The van der Waals surface area contributed by atoms with Gasteiger partial charge < -0.3 is 0 Å². The fourth-order valence-corrected chi connectivity index (χ4v) is 8.14. The molecule has 7 aromatic rings. The number of hydrogen-bond acceptors (Lipinski definition) is 0. The topological polar surface area (TPSA) is 33.9 Å². The second-order valence-electron chi connectivity index (χ2n) is 26.0. The summed E-state index contributed by atoms with van der Waals surface area (Å²) in [6, 6.07) is 46.8. The zero-order chi connectivity index (χ0) is 52.6. The number of hydrogen-bond donors (Lipinski definition) is 0. The van der Waals surface area contributed by atoms with E-state index in [-0.39, 0.29) is 32.5 Å². The van der Waals surface area contributed by atoms with Crippen LogP contribution in [0.3, 0.4) is 0 Å². The van der Waals surface area contributed by atoms with Crippen molar-refractivity contribution in [3.8, 4) is 33.4 Å². The van der Waals surface area contributed by atoms with Crippen molar-refractivity contribution in [3.63, 3.8) is 0 Å². The molecule has 0 fully saturated rings. The highest BCUT2D eigenvalue weighted by molar-refractivity contribution is 5.83. The van der Waals surface area contributed by atoms with Crippen molar-refractivity contribution in [2.24, 2.45) is 0 Å². The summed E-state index contributed by atoms with van der Waals surface area (Å²) in [6.45, 7) is 39.6. The molecule has 7 rings (SSSR count). The summed E-state index contributed by atoms with van der Waals surface area (Å²) in [7, 11) is 0. The first-order valence-electron chi connectivity index (χ1n) is 25.9. The lowest BCUT2D eigenvalue weighted by Crippen LogP contribution is -2.16. The first-order valence-corrected chi connectivity index (χ1v) is 25.9. The maximum atomic E-state index is 6.42. The maximum absolute atomic E-state index is 6.42. The molecular formula is C69H81O3+3. The van der Waals surface area contributed by atoms with Gasteiger partial charge in [-0.1, -0.05) is 109 Å². The van der Waals surface area contributed by atoms with Crippen molar-refractivity contribution in [3.05, 3.63) is 195 Å². The molecule has 4 aromatic carbocycles. The molecular weight excluding hydrogens is 877 g/mol. The Labute approximate surface area is 433 Å². The smallest absolute Gasteiger partial charge is 0.217 e. The van der Waals surface area contributed by atoms with E-state index in [1.54, 1.807) is 0 Å². The van der Waals surface area contributed by atoms with E-state index in [9.17, 15) is 0 Å². The van der Waals surface area contributed by atoms with Gasteiger partial charge in [-0.2, -0.15) is 0 Å². The van der Waals surface area contributed by atoms with Gasteiger partial charge in [-0.05, 0) is 210 Å². The van der Waals surface area contributed by atoms with Gasteiger partial charge in [0.1, 0.15) is 0 Å². The third kappa shape index (κ3) is 13.7. The molecule has 0 saturated heterocycles. The standard InChI is InChI=1S/C69H81O3/c1-64(2,3)58-37-49(38-59(70-58)65(4,5)6)22-19-46-25-31-52(32-26-46)55-43-56(53-33-27-47(28-34-53)20-23-50-39-60(66(7,8)9)71-61(40-50)67(10,11)12)45-57(44-55)54-35-29-48(30-36-54)21-24-51-41-62(68(13,14)15)72-63(42-51)69(16,17)18/h19-45H,1-18H3/q+3/b22-19+,23-20?,24-21?. The van der Waals surface area contributed by atoms with Crippen molar-refractivity contribution in [1.82, 2.24) is 0 Å². The predicted octanol–water partition coefficient (Wildman–Crippen LogP) is 20.6. The summed E-state index contributed by atoms with van der Waals surface area (Å²) < 4.78 is 19.3. The number of rotatable bonds is 9. The summed E-state index contributed by atoms with van der Waals surface area (Å²) >= 11 is 0. The average molecular weight is 958 g/mol. The normalized spacial score (nSPS) is 13.2. The quantitative estimate of drug-likeness (QED) is 0.135. The van der Waals surface area contributed by atoms with Gasteiger partial charge in [-0.3, -0.25) is 0 Å². The van der Waals surface area contributed by atoms with Crippen molar-refractivity contribution >= 4 is 36.5 Å². The Balaban J connectivity index is 1.22. The molecule has 372 valence electrons. The zero-order valence-electron chi connectivity index (χ0n) is 46.8. The summed E-state index contributed by atoms with van der Waals surface area (Å²) in [5.74, 6) is 5.91. The van der Waals surface area contributed by atoms with Crippen LogP contribution in [0.2, 0.25) is 0 Å². The van der Waals surface area contributed by atoms with E-state index in [4.69, 9.17) is 13.3 Å². The largest absolute Gasteiger partial charge is 0.335 e. The Hall–Kier alpha value is -6.45. The van der Waals surface area contributed by atoms with E-state index in [0.717, 1.165) is 101 Å². The molecule has 0 aliphatic rings. The predicted molar refractivity (Wildman–Crippen MR) is 311 cm³/mol. The summed E-state index contributed by atoms with van der Waals surface area (Å²) in [5, 5.41) is 0. The minimum absolute atomic E-state index is 0.100. The second kappa shape index (κ2) is 20.2. The van der Waals surface area contributed by atoms with Crippen LogP contribution in [0.4, 0.5) is 0 Å². The Morgan fingerprint density at radius 1 is 0.208 bits per heavy atom. The van der Waals surface area contributed by atoms with Crippen LogP contribution in [0.15, 0.2) is 141 Å². The van der Waals surface area contributed by atoms with Crippen LogP contribution in [0.5, 0.6) is 0 Å². The van der Waals surface area contributed by atoms with E-state index < -0.39 is 0 Å². The van der Waals surface area contributed by atoms with E-state index in [1.807, 2.05) is 0 Å². The lowest BCUT2D eigenvalue weighted by atomic mass is 9.88. The number of benzene rings is 4. The van der Waals surface area contributed by atoms with Gasteiger partial charge in [0.05, 0.1) is 32.5 Å². The van der Waals surface area contributed by atoms with Gasteiger partial charge in [0.25, 0.3) is 0 Å². The minimum Gasteiger partial charge on any atom is -0.217 e. The van der Waals surface area contributed by atoms with E-state index in [0.29, 0.717) is 0 Å². The van der Waals surface area contributed by atoms with Crippen LogP contribution in [0.25, 0.3) is 69.8 Å². The van der Waals surface area contributed by atoms with Gasteiger partial charge in [0.2, 0.25) is 0 Å². The summed E-state index contributed by atoms with van der Waals surface area (Å²) in [6.07, 6.45) is 13.2. The van der Waals surface area contributed by atoms with Gasteiger partial charge in [0, 0.05) is 36.4 Å². The zero-order valence-corrected chi connectivity index (χ0v) is 46.8. The second-order valence-corrected chi connectivity index (χ2v) is 26.0. The lowest BCUT2D eigenvalue weighted by molar-refractivity contribution is 0.328. The summed E-state index contributed by atoms with van der Waals surface area (Å²) in [5.41, 5.74) is 13.2. The van der Waals surface area contributed by atoms with Gasteiger partial charge >= 0.3 is 34.6 Å².